The predicted molar refractivity (Wildman–Crippen MR) is 78.3 cm³/mol. The van der Waals surface area contributed by atoms with Crippen LogP contribution in [0.4, 0.5) is 11.4 Å². The highest BCUT2D eigenvalue weighted by molar-refractivity contribution is 5.67. The lowest BCUT2D eigenvalue weighted by Gasteiger charge is -2.14. The van der Waals surface area contributed by atoms with Gasteiger partial charge in [-0.1, -0.05) is 29.8 Å². The van der Waals surface area contributed by atoms with E-state index in [0.29, 0.717) is 6.54 Å². The molecular weight excluding hydrogens is 220 g/mol. The van der Waals surface area contributed by atoms with Crippen molar-refractivity contribution in [3.63, 3.8) is 0 Å². The Morgan fingerprint density at radius 3 is 2.00 bits per heavy atom. The third kappa shape index (κ3) is 2.71. The van der Waals surface area contributed by atoms with E-state index in [0.717, 1.165) is 11.3 Å². The molecule has 0 heterocycles. The minimum atomic E-state index is 0.586. The summed E-state index contributed by atoms with van der Waals surface area (Å²) < 4.78 is 0. The van der Waals surface area contributed by atoms with E-state index in [4.69, 9.17) is 5.73 Å². The van der Waals surface area contributed by atoms with Gasteiger partial charge in [-0.05, 0) is 49.6 Å². The Morgan fingerprint density at radius 1 is 0.944 bits per heavy atom. The lowest BCUT2D eigenvalue weighted by atomic mass is 10.0. The Bertz CT molecular complexity index is 519. The van der Waals surface area contributed by atoms with Crippen LogP contribution in [0.15, 0.2) is 36.4 Å². The molecule has 94 valence electrons. The Kier molecular flexibility index (Phi) is 3.68. The molecule has 0 saturated carbocycles. The van der Waals surface area contributed by atoms with Gasteiger partial charge in [-0.25, -0.2) is 0 Å². The number of anilines is 2. The van der Waals surface area contributed by atoms with Crippen molar-refractivity contribution in [1.29, 1.82) is 0 Å². The third-order valence-corrected chi connectivity index (χ3v) is 3.14. The van der Waals surface area contributed by atoms with Crippen LogP contribution in [0.25, 0.3) is 0 Å². The molecule has 2 aromatic rings. The number of nitrogens with two attached hydrogens (primary N) is 1. The Hall–Kier alpha value is -1.80. The van der Waals surface area contributed by atoms with E-state index in [9.17, 15) is 0 Å². The zero-order chi connectivity index (χ0) is 13.1. The molecule has 0 spiro atoms. The molecule has 2 nitrogen and oxygen atoms in total. The van der Waals surface area contributed by atoms with Gasteiger partial charge in [0.05, 0.1) is 0 Å². The quantitative estimate of drug-likeness (QED) is 0.856. The summed E-state index contributed by atoms with van der Waals surface area (Å²) in [6.07, 6.45) is 0. The maximum Gasteiger partial charge on any atom is 0.0443 e. The number of hydrogen-bond acceptors (Lipinski definition) is 2. The molecule has 18 heavy (non-hydrogen) atoms. The second-order valence-corrected chi connectivity index (χ2v) is 4.80. The molecule has 0 atom stereocenters. The molecule has 0 aliphatic heterocycles. The molecule has 0 amide bonds. The first-order valence-electron chi connectivity index (χ1n) is 6.24. The highest BCUT2D eigenvalue weighted by Gasteiger charge is 2.04. The second-order valence-electron chi connectivity index (χ2n) is 4.80. The van der Waals surface area contributed by atoms with E-state index >= 15 is 0 Å². The molecule has 0 radical (unpaired) electrons. The van der Waals surface area contributed by atoms with Crippen LogP contribution in [0.2, 0.25) is 0 Å². The first-order chi connectivity index (χ1) is 8.60. The van der Waals surface area contributed by atoms with Gasteiger partial charge in [0.15, 0.2) is 0 Å². The highest BCUT2D eigenvalue weighted by atomic mass is 14.9. The van der Waals surface area contributed by atoms with Crippen molar-refractivity contribution in [1.82, 2.24) is 0 Å². The monoisotopic (exact) mass is 240 g/mol. The molecule has 0 fully saturated rings. The van der Waals surface area contributed by atoms with E-state index in [2.05, 4.69) is 62.5 Å². The van der Waals surface area contributed by atoms with Gasteiger partial charge in [0, 0.05) is 17.9 Å². The van der Waals surface area contributed by atoms with Gasteiger partial charge in [0.25, 0.3) is 0 Å². The van der Waals surface area contributed by atoms with Gasteiger partial charge in [0.2, 0.25) is 0 Å². The fourth-order valence-electron chi connectivity index (χ4n) is 2.25. The highest BCUT2D eigenvalue weighted by Crippen LogP contribution is 2.25. The first-order valence-corrected chi connectivity index (χ1v) is 6.24. The molecular formula is C16H20N2. The molecule has 0 saturated heterocycles. The van der Waals surface area contributed by atoms with Gasteiger partial charge in [0.1, 0.15) is 0 Å². The lowest BCUT2D eigenvalue weighted by molar-refractivity contribution is 1.07. The molecule has 2 heteroatoms. The Labute approximate surface area is 109 Å². The summed E-state index contributed by atoms with van der Waals surface area (Å²) in [7, 11) is 0. The number of aryl methyl sites for hydroxylation is 3. The summed E-state index contributed by atoms with van der Waals surface area (Å²) in [6.45, 7) is 6.98. The molecule has 0 bridgehead atoms. The van der Waals surface area contributed by atoms with Crippen LogP contribution >= 0.6 is 0 Å². The van der Waals surface area contributed by atoms with Crippen LogP contribution in [0, 0.1) is 20.8 Å². The molecule has 0 aliphatic carbocycles. The van der Waals surface area contributed by atoms with Gasteiger partial charge < -0.3 is 11.1 Å². The Balaban J connectivity index is 2.28. The van der Waals surface area contributed by atoms with Crippen molar-refractivity contribution >= 4 is 11.4 Å². The topological polar surface area (TPSA) is 38.0 Å². The molecule has 2 rings (SSSR count). The summed E-state index contributed by atoms with van der Waals surface area (Å²) in [4.78, 5) is 0. The van der Waals surface area contributed by atoms with Gasteiger partial charge in [-0.2, -0.15) is 0 Å². The van der Waals surface area contributed by atoms with Crippen LogP contribution in [0.1, 0.15) is 22.3 Å². The van der Waals surface area contributed by atoms with Crippen LogP contribution in [0.5, 0.6) is 0 Å². The molecule has 0 aliphatic rings. The maximum atomic E-state index is 5.60. The summed E-state index contributed by atoms with van der Waals surface area (Å²) in [5, 5.41) is 3.48. The molecule has 0 unspecified atom stereocenters. The van der Waals surface area contributed by atoms with Gasteiger partial charge in [-0.15, -0.1) is 0 Å². The van der Waals surface area contributed by atoms with Crippen LogP contribution in [-0.2, 0) is 6.54 Å². The first kappa shape index (κ1) is 12.7. The van der Waals surface area contributed by atoms with Crippen molar-refractivity contribution in [2.24, 2.45) is 5.73 Å². The van der Waals surface area contributed by atoms with Crippen molar-refractivity contribution in [3.05, 3.63) is 58.7 Å². The van der Waals surface area contributed by atoms with Crippen molar-refractivity contribution in [2.45, 2.75) is 27.3 Å². The van der Waals surface area contributed by atoms with Gasteiger partial charge >= 0.3 is 0 Å². The van der Waals surface area contributed by atoms with E-state index in [1.165, 1.54) is 22.4 Å². The van der Waals surface area contributed by atoms with Crippen molar-refractivity contribution < 1.29 is 0 Å². The summed E-state index contributed by atoms with van der Waals surface area (Å²) in [5.41, 5.74) is 12.9. The summed E-state index contributed by atoms with van der Waals surface area (Å²) in [5.74, 6) is 0. The minimum Gasteiger partial charge on any atom is -0.355 e. The average Bonchev–Trinajstić information content (AvgIpc) is 2.34. The lowest BCUT2D eigenvalue weighted by Crippen LogP contribution is -1.99. The number of rotatable bonds is 3. The predicted octanol–water partition coefficient (Wildman–Crippen LogP) is 3.81. The number of nitrogens with one attached hydrogen (secondary N) is 1. The third-order valence-electron chi connectivity index (χ3n) is 3.14. The maximum absolute atomic E-state index is 5.60. The SMILES string of the molecule is Cc1cc(C)c(Nc2ccc(CN)cc2)c(C)c1. The fraction of sp³-hybridized carbons (Fsp3) is 0.250. The fourth-order valence-corrected chi connectivity index (χ4v) is 2.25. The molecule has 0 aromatic heterocycles. The Morgan fingerprint density at radius 2 is 1.50 bits per heavy atom. The van der Waals surface area contributed by atoms with Crippen LogP contribution in [0.3, 0.4) is 0 Å². The normalized spacial score (nSPS) is 10.4. The largest absolute Gasteiger partial charge is 0.355 e. The minimum absolute atomic E-state index is 0.586. The summed E-state index contributed by atoms with van der Waals surface area (Å²) >= 11 is 0. The van der Waals surface area contributed by atoms with Crippen LogP contribution < -0.4 is 11.1 Å². The van der Waals surface area contributed by atoms with E-state index in [1.54, 1.807) is 0 Å². The van der Waals surface area contributed by atoms with E-state index in [-0.39, 0.29) is 0 Å². The molecule has 3 N–H and O–H groups in total. The van der Waals surface area contributed by atoms with Crippen molar-refractivity contribution in [2.75, 3.05) is 5.32 Å². The average molecular weight is 240 g/mol. The zero-order valence-corrected chi connectivity index (χ0v) is 11.2. The van der Waals surface area contributed by atoms with E-state index < -0.39 is 0 Å². The molecule has 2 aromatic carbocycles. The van der Waals surface area contributed by atoms with Crippen molar-refractivity contribution in [3.8, 4) is 0 Å². The smallest absolute Gasteiger partial charge is 0.0443 e. The standard InChI is InChI=1S/C16H20N2/c1-11-8-12(2)16(13(3)9-11)18-15-6-4-14(10-17)5-7-15/h4-9,18H,10,17H2,1-3H3. The summed E-state index contributed by atoms with van der Waals surface area (Å²) in [6, 6.07) is 12.7. The van der Waals surface area contributed by atoms with E-state index in [1.807, 2.05) is 0 Å². The second kappa shape index (κ2) is 5.23. The number of hydrogen-bond donors (Lipinski definition) is 2. The van der Waals surface area contributed by atoms with Crippen LogP contribution in [-0.4, -0.2) is 0 Å². The van der Waals surface area contributed by atoms with Gasteiger partial charge in [-0.3, -0.25) is 0 Å². The number of benzene rings is 2. The zero-order valence-electron chi connectivity index (χ0n) is 11.2.